The summed E-state index contributed by atoms with van der Waals surface area (Å²) in [6, 6.07) is 19.6. The summed E-state index contributed by atoms with van der Waals surface area (Å²) in [6.07, 6.45) is 2.26. The number of ether oxygens (including phenoxy) is 2. The molecule has 6 rings (SSSR count). The highest BCUT2D eigenvalue weighted by Crippen LogP contribution is 2.33. The van der Waals surface area contributed by atoms with Crippen LogP contribution in [0.15, 0.2) is 66.9 Å². The number of carbonyl (C=O) groups excluding carboxylic acids is 1. The summed E-state index contributed by atoms with van der Waals surface area (Å²) < 4.78 is 12.9. The van der Waals surface area contributed by atoms with Gasteiger partial charge in [0.25, 0.3) is 0 Å². The second-order valence-corrected chi connectivity index (χ2v) is 9.30. The summed E-state index contributed by atoms with van der Waals surface area (Å²) in [5.41, 5.74) is 4.69. The highest BCUT2D eigenvalue weighted by atomic mass is 35.5. The largest absolute Gasteiger partial charge is 0.454 e. The molecule has 0 unspecified atom stereocenters. The van der Waals surface area contributed by atoms with Crippen LogP contribution in [0.1, 0.15) is 11.3 Å². The third-order valence-electron chi connectivity index (χ3n) is 6.63. The molecule has 1 saturated heterocycles. The van der Waals surface area contributed by atoms with E-state index in [4.69, 9.17) is 26.1 Å². The smallest absolute Gasteiger partial charge is 0.231 e. The highest BCUT2D eigenvalue weighted by Gasteiger charge is 2.25. The molecule has 4 heterocycles. The van der Waals surface area contributed by atoms with Gasteiger partial charge < -0.3 is 18.8 Å². The van der Waals surface area contributed by atoms with Crippen molar-refractivity contribution in [1.29, 1.82) is 0 Å². The van der Waals surface area contributed by atoms with Gasteiger partial charge >= 0.3 is 0 Å². The number of aromatic nitrogens is 2. The van der Waals surface area contributed by atoms with Gasteiger partial charge in [0, 0.05) is 49.5 Å². The lowest BCUT2D eigenvalue weighted by Crippen LogP contribution is -2.48. The van der Waals surface area contributed by atoms with Gasteiger partial charge in [-0.2, -0.15) is 0 Å². The van der Waals surface area contributed by atoms with Gasteiger partial charge in [-0.15, -0.1) is 0 Å². The van der Waals surface area contributed by atoms with Gasteiger partial charge in [-0.25, -0.2) is 4.98 Å². The molecular weight excluding hydrogens is 464 g/mol. The number of carbonyl (C=O) groups is 1. The van der Waals surface area contributed by atoms with Gasteiger partial charge in [0.05, 0.1) is 17.8 Å². The van der Waals surface area contributed by atoms with Crippen LogP contribution in [0.2, 0.25) is 5.02 Å². The predicted molar refractivity (Wildman–Crippen MR) is 134 cm³/mol. The molecule has 0 atom stereocenters. The average Bonchev–Trinajstić information content (AvgIpc) is 3.49. The Morgan fingerprint density at radius 3 is 2.57 bits per heavy atom. The molecule has 2 aromatic heterocycles. The summed E-state index contributed by atoms with van der Waals surface area (Å²) in [4.78, 5) is 22.5. The van der Waals surface area contributed by atoms with Crippen molar-refractivity contribution in [2.24, 2.45) is 0 Å². The maximum absolute atomic E-state index is 13.4. The molecule has 35 heavy (non-hydrogen) atoms. The number of nitrogens with zero attached hydrogens (tertiary/aromatic N) is 4. The monoisotopic (exact) mass is 488 g/mol. The normalized spacial score (nSPS) is 15.6. The molecule has 0 saturated carbocycles. The lowest BCUT2D eigenvalue weighted by molar-refractivity contribution is -0.132. The van der Waals surface area contributed by atoms with Crippen molar-refractivity contribution < 1.29 is 14.3 Å². The van der Waals surface area contributed by atoms with E-state index in [-0.39, 0.29) is 12.7 Å². The Labute approximate surface area is 208 Å². The van der Waals surface area contributed by atoms with Crippen molar-refractivity contribution in [3.8, 4) is 22.8 Å². The quantitative estimate of drug-likeness (QED) is 0.420. The first-order valence-corrected chi connectivity index (χ1v) is 12.1. The molecule has 2 aromatic carbocycles. The lowest BCUT2D eigenvalue weighted by atomic mass is 10.1. The molecule has 8 heteroatoms. The number of rotatable bonds is 5. The first-order valence-electron chi connectivity index (χ1n) is 11.7. The Balaban J connectivity index is 1.15. The van der Waals surface area contributed by atoms with Crippen molar-refractivity contribution >= 4 is 23.2 Å². The van der Waals surface area contributed by atoms with Crippen LogP contribution in [0.3, 0.4) is 0 Å². The number of imidazole rings is 1. The van der Waals surface area contributed by atoms with E-state index in [1.165, 1.54) is 5.56 Å². The zero-order valence-electron chi connectivity index (χ0n) is 19.2. The third kappa shape index (κ3) is 4.45. The average molecular weight is 489 g/mol. The summed E-state index contributed by atoms with van der Waals surface area (Å²) in [5, 5.41) is 0.675. The Morgan fingerprint density at radius 1 is 0.943 bits per heavy atom. The maximum atomic E-state index is 13.4. The number of halogens is 1. The summed E-state index contributed by atoms with van der Waals surface area (Å²) in [5.74, 6) is 1.73. The molecule has 2 aliphatic heterocycles. The van der Waals surface area contributed by atoms with E-state index in [2.05, 4.69) is 11.0 Å². The minimum atomic E-state index is 0.119. The van der Waals surface area contributed by atoms with E-state index in [1.807, 2.05) is 70.1 Å². The number of hydrogen-bond donors (Lipinski definition) is 0. The Hall–Kier alpha value is -3.55. The predicted octanol–water partition coefficient (Wildman–Crippen LogP) is 4.27. The number of benzene rings is 2. The van der Waals surface area contributed by atoms with Gasteiger partial charge in [-0.05, 0) is 42.0 Å². The second-order valence-electron chi connectivity index (χ2n) is 8.86. The summed E-state index contributed by atoms with van der Waals surface area (Å²) >= 11 is 6.09. The highest BCUT2D eigenvalue weighted by molar-refractivity contribution is 6.30. The minimum Gasteiger partial charge on any atom is -0.454 e. The number of piperazine rings is 1. The molecular formula is C27H25ClN4O3. The fourth-order valence-corrected chi connectivity index (χ4v) is 4.89. The molecule has 0 bridgehead atoms. The van der Waals surface area contributed by atoms with Crippen LogP contribution in [0, 0.1) is 0 Å². The van der Waals surface area contributed by atoms with E-state index in [0.717, 1.165) is 53.7 Å². The second kappa shape index (κ2) is 9.24. The van der Waals surface area contributed by atoms with E-state index >= 15 is 0 Å². The van der Waals surface area contributed by atoms with E-state index in [9.17, 15) is 4.79 Å². The summed E-state index contributed by atoms with van der Waals surface area (Å²) in [7, 11) is 0. The Kier molecular flexibility index (Phi) is 5.80. The Morgan fingerprint density at radius 2 is 1.74 bits per heavy atom. The fourth-order valence-electron chi connectivity index (χ4n) is 4.76. The topological polar surface area (TPSA) is 59.3 Å². The first kappa shape index (κ1) is 21.9. The van der Waals surface area contributed by atoms with Crippen LogP contribution < -0.4 is 9.47 Å². The van der Waals surface area contributed by atoms with E-state index in [1.54, 1.807) is 0 Å². The molecule has 0 radical (unpaired) electrons. The first-order chi connectivity index (χ1) is 17.1. The SMILES string of the molecule is O=C(Cc1c(-c2ccc(Cl)cc2)nc2ccccn12)N1CCN(Cc2ccc3c(c2)OCO3)CC1. The molecule has 4 aromatic rings. The standard InChI is InChI=1S/C27H25ClN4O3/c28-21-7-5-20(6-8-21)27-22(32-10-2-1-3-25(32)29-27)16-26(33)31-13-11-30(12-14-31)17-19-4-9-23-24(15-19)35-18-34-23/h1-10,15H,11-14,16-18H2. The van der Waals surface area contributed by atoms with Gasteiger partial charge in [0.1, 0.15) is 5.65 Å². The van der Waals surface area contributed by atoms with Crippen molar-refractivity contribution in [3.05, 3.63) is 83.1 Å². The molecule has 0 N–H and O–H groups in total. The molecule has 0 aliphatic carbocycles. The molecule has 0 spiro atoms. The van der Waals surface area contributed by atoms with Crippen molar-refractivity contribution in [2.45, 2.75) is 13.0 Å². The van der Waals surface area contributed by atoms with Crippen LogP contribution in [-0.4, -0.2) is 58.1 Å². The van der Waals surface area contributed by atoms with Crippen LogP contribution >= 0.6 is 11.6 Å². The molecule has 1 amide bonds. The minimum absolute atomic E-state index is 0.119. The number of fused-ring (bicyclic) bond motifs is 2. The Bertz CT molecular complexity index is 1380. The third-order valence-corrected chi connectivity index (χ3v) is 6.89. The molecule has 2 aliphatic rings. The van der Waals surface area contributed by atoms with Crippen molar-refractivity contribution in [1.82, 2.24) is 19.2 Å². The number of amides is 1. The number of hydrogen-bond acceptors (Lipinski definition) is 5. The zero-order valence-corrected chi connectivity index (χ0v) is 19.9. The zero-order chi connectivity index (χ0) is 23.8. The summed E-state index contributed by atoms with van der Waals surface area (Å²) in [6.45, 7) is 4.18. The lowest BCUT2D eigenvalue weighted by Gasteiger charge is -2.34. The maximum Gasteiger partial charge on any atom is 0.231 e. The van der Waals surface area contributed by atoms with Crippen LogP contribution in [-0.2, 0) is 17.8 Å². The fraction of sp³-hybridized carbons (Fsp3) is 0.259. The molecule has 1 fully saturated rings. The molecule has 7 nitrogen and oxygen atoms in total. The van der Waals surface area contributed by atoms with Crippen molar-refractivity contribution in [3.63, 3.8) is 0 Å². The van der Waals surface area contributed by atoms with Crippen LogP contribution in [0.25, 0.3) is 16.9 Å². The van der Waals surface area contributed by atoms with Crippen molar-refractivity contribution in [2.75, 3.05) is 33.0 Å². The van der Waals surface area contributed by atoms with Crippen LogP contribution in [0.4, 0.5) is 0 Å². The number of pyridine rings is 1. The van der Waals surface area contributed by atoms with Gasteiger partial charge in [-0.3, -0.25) is 9.69 Å². The van der Waals surface area contributed by atoms with Crippen LogP contribution in [0.5, 0.6) is 11.5 Å². The van der Waals surface area contributed by atoms with Gasteiger partial charge in [0.2, 0.25) is 12.7 Å². The van der Waals surface area contributed by atoms with E-state index in [0.29, 0.717) is 24.5 Å². The van der Waals surface area contributed by atoms with E-state index < -0.39 is 0 Å². The van der Waals surface area contributed by atoms with Gasteiger partial charge in [-0.1, -0.05) is 35.9 Å². The van der Waals surface area contributed by atoms with Gasteiger partial charge in [0.15, 0.2) is 11.5 Å². The molecule has 178 valence electrons.